The van der Waals surface area contributed by atoms with Crippen molar-refractivity contribution in [3.8, 4) is 0 Å². The Morgan fingerprint density at radius 3 is 2.65 bits per heavy atom. The molecule has 2 unspecified atom stereocenters. The summed E-state index contributed by atoms with van der Waals surface area (Å²) in [4.78, 5) is 19.0. The van der Waals surface area contributed by atoms with Crippen LogP contribution < -0.4 is 10.0 Å². The van der Waals surface area contributed by atoms with Crippen molar-refractivity contribution in [2.45, 2.75) is 45.7 Å². The lowest BCUT2D eigenvalue weighted by molar-refractivity contribution is -0.123. The van der Waals surface area contributed by atoms with Gasteiger partial charge >= 0.3 is 0 Å². The van der Waals surface area contributed by atoms with Gasteiger partial charge < -0.3 is 10.3 Å². The molecular formula is C12H22N4O3S. The first-order valence-corrected chi connectivity index (χ1v) is 8.34. The van der Waals surface area contributed by atoms with Gasteiger partial charge in [0.05, 0.1) is 17.8 Å². The minimum absolute atomic E-state index is 0.0139. The number of carbonyl (C=O) groups excluding carboxylic acids is 1. The lowest BCUT2D eigenvalue weighted by Gasteiger charge is -2.19. The van der Waals surface area contributed by atoms with Crippen LogP contribution in [0.3, 0.4) is 0 Å². The number of amides is 1. The van der Waals surface area contributed by atoms with Crippen LogP contribution in [0.4, 0.5) is 0 Å². The van der Waals surface area contributed by atoms with Gasteiger partial charge in [0.15, 0.2) is 0 Å². The lowest BCUT2D eigenvalue weighted by atomic mass is 10.2. The van der Waals surface area contributed by atoms with Crippen LogP contribution in [0.5, 0.6) is 0 Å². The molecule has 0 saturated carbocycles. The van der Waals surface area contributed by atoms with E-state index in [4.69, 9.17) is 0 Å². The van der Waals surface area contributed by atoms with Crippen LogP contribution in [-0.2, 0) is 14.8 Å². The number of carbonyl (C=O) groups is 1. The molecule has 0 aromatic carbocycles. The van der Waals surface area contributed by atoms with E-state index in [-0.39, 0.29) is 17.7 Å². The maximum absolute atomic E-state index is 12.0. The molecule has 0 fully saturated rings. The molecule has 1 aromatic heterocycles. The second-order valence-corrected chi connectivity index (χ2v) is 6.48. The molecule has 0 bridgehead atoms. The number of aromatic amines is 1. The fourth-order valence-corrected chi connectivity index (χ4v) is 3.08. The Morgan fingerprint density at radius 1 is 1.45 bits per heavy atom. The molecule has 0 aliphatic rings. The summed E-state index contributed by atoms with van der Waals surface area (Å²) in [6.45, 7) is 5.21. The van der Waals surface area contributed by atoms with Crippen LogP contribution in [0.15, 0.2) is 12.4 Å². The first-order valence-electron chi connectivity index (χ1n) is 6.69. The summed E-state index contributed by atoms with van der Waals surface area (Å²) >= 11 is 0. The number of rotatable bonds is 8. The Bertz CT molecular complexity index is 513. The third-order valence-corrected chi connectivity index (χ3v) is 4.46. The van der Waals surface area contributed by atoms with Gasteiger partial charge in [0.25, 0.3) is 0 Å². The normalized spacial score (nSPS) is 14.8. The highest BCUT2D eigenvalue weighted by molar-refractivity contribution is 7.89. The zero-order valence-corrected chi connectivity index (χ0v) is 12.8. The molecule has 8 heteroatoms. The monoisotopic (exact) mass is 302 g/mol. The van der Waals surface area contributed by atoms with Gasteiger partial charge in [-0.2, -0.15) is 0 Å². The number of H-pyrrole nitrogens is 1. The molecule has 2 atom stereocenters. The van der Waals surface area contributed by atoms with E-state index < -0.39 is 16.1 Å². The van der Waals surface area contributed by atoms with Crippen molar-refractivity contribution in [3.05, 3.63) is 18.2 Å². The fourth-order valence-electron chi connectivity index (χ4n) is 1.78. The maximum atomic E-state index is 12.0. The maximum Gasteiger partial charge on any atom is 0.238 e. The Kier molecular flexibility index (Phi) is 6.15. The smallest absolute Gasteiger partial charge is 0.238 e. The van der Waals surface area contributed by atoms with Crippen molar-refractivity contribution in [1.82, 2.24) is 20.0 Å². The van der Waals surface area contributed by atoms with E-state index in [0.717, 1.165) is 0 Å². The molecule has 7 nitrogen and oxygen atoms in total. The average Bonchev–Trinajstić information content (AvgIpc) is 2.88. The zero-order chi connectivity index (χ0) is 15.2. The van der Waals surface area contributed by atoms with Gasteiger partial charge in [-0.25, -0.2) is 18.1 Å². The van der Waals surface area contributed by atoms with Crippen LogP contribution in [0.2, 0.25) is 0 Å². The standard InChI is InChI=1S/C12H22N4O3S/c1-4-8-20(18,19)16-9(3)12(17)15-10(5-2)11-13-6-7-14-11/h6-7,9-10,16H,4-5,8H2,1-3H3,(H,13,14)(H,15,17). The minimum Gasteiger partial charge on any atom is -0.347 e. The highest BCUT2D eigenvalue weighted by atomic mass is 32.2. The van der Waals surface area contributed by atoms with E-state index in [0.29, 0.717) is 18.7 Å². The number of imidazole rings is 1. The van der Waals surface area contributed by atoms with Crippen LogP contribution in [0.1, 0.15) is 45.5 Å². The van der Waals surface area contributed by atoms with Crippen molar-refractivity contribution in [2.24, 2.45) is 0 Å². The van der Waals surface area contributed by atoms with Gasteiger partial charge in [-0.05, 0) is 19.8 Å². The molecule has 1 heterocycles. The van der Waals surface area contributed by atoms with Crippen LogP contribution >= 0.6 is 0 Å². The van der Waals surface area contributed by atoms with Crippen molar-refractivity contribution in [1.29, 1.82) is 0 Å². The molecule has 1 aromatic rings. The van der Waals surface area contributed by atoms with Crippen LogP contribution in [0.25, 0.3) is 0 Å². The van der Waals surface area contributed by atoms with Crippen molar-refractivity contribution < 1.29 is 13.2 Å². The quantitative estimate of drug-likeness (QED) is 0.657. The summed E-state index contributed by atoms with van der Waals surface area (Å²) in [7, 11) is -3.41. The molecule has 0 saturated heterocycles. The van der Waals surface area contributed by atoms with E-state index in [2.05, 4.69) is 20.0 Å². The molecule has 3 N–H and O–H groups in total. The van der Waals surface area contributed by atoms with E-state index in [1.165, 1.54) is 6.92 Å². The number of hydrogen-bond donors (Lipinski definition) is 3. The number of sulfonamides is 1. The fraction of sp³-hybridized carbons (Fsp3) is 0.667. The highest BCUT2D eigenvalue weighted by Crippen LogP contribution is 2.11. The first-order chi connectivity index (χ1) is 9.39. The molecule has 1 amide bonds. The van der Waals surface area contributed by atoms with Crippen molar-refractivity contribution in [2.75, 3.05) is 5.75 Å². The highest BCUT2D eigenvalue weighted by Gasteiger charge is 2.22. The van der Waals surface area contributed by atoms with E-state index in [9.17, 15) is 13.2 Å². The van der Waals surface area contributed by atoms with Crippen molar-refractivity contribution in [3.63, 3.8) is 0 Å². The van der Waals surface area contributed by atoms with Gasteiger partial charge in [0.2, 0.25) is 15.9 Å². The Labute approximate surface area is 119 Å². The van der Waals surface area contributed by atoms with Gasteiger partial charge in [-0.15, -0.1) is 0 Å². The lowest BCUT2D eigenvalue weighted by Crippen LogP contribution is -2.46. The molecule has 0 aliphatic heterocycles. The predicted molar refractivity (Wildman–Crippen MR) is 76.4 cm³/mol. The molecule has 114 valence electrons. The summed E-state index contributed by atoms with van der Waals surface area (Å²) in [5, 5.41) is 2.77. The molecule has 0 aliphatic carbocycles. The number of hydrogen-bond acceptors (Lipinski definition) is 4. The molecule has 0 spiro atoms. The van der Waals surface area contributed by atoms with Crippen LogP contribution in [-0.4, -0.2) is 36.1 Å². The van der Waals surface area contributed by atoms with E-state index >= 15 is 0 Å². The number of nitrogens with zero attached hydrogens (tertiary/aromatic N) is 1. The Hall–Kier alpha value is -1.41. The minimum atomic E-state index is -3.41. The van der Waals surface area contributed by atoms with E-state index in [1.807, 2.05) is 6.92 Å². The van der Waals surface area contributed by atoms with Gasteiger partial charge in [-0.3, -0.25) is 4.79 Å². The number of aromatic nitrogens is 2. The third kappa shape index (κ3) is 4.93. The molecule has 1 rings (SSSR count). The second kappa shape index (κ2) is 7.39. The van der Waals surface area contributed by atoms with Gasteiger partial charge in [-0.1, -0.05) is 13.8 Å². The zero-order valence-electron chi connectivity index (χ0n) is 12.0. The molecule has 20 heavy (non-hydrogen) atoms. The Morgan fingerprint density at radius 2 is 2.15 bits per heavy atom. The SMILES string of the molecule is CCCS(=O)(=O)NC(C)C(=O)NC(CC)c1ncc[nH]1. The van der Waals surface area contributed by atoms with E-state index in [1.54, 1.807) is 19.3 Å². The van der Waals surface area contributed by atoms with Crippen LogP contribution in [0, 0.1) is 0 Å². The van der Waals surface area contributed by atoms with Crippen molar-refractivity contribution >= 4 is 15.9 Å². The summed E-state index contributed by atoms with van der Waals surface area (Å²) in [6.07, 6.45) is 4.45. The summed E-state index contributed by atoms with van der Waals surface area (Å²) in [5.41, 5.74) is 0. The Balaban J connectivity index is 2.61. The molecule has 0 radical (unpaired) electrons. The second-order valence-electron chi connectivity index (χ2n) is 4.60. The summed E-state index contributed by atoms with van der Waals surface area (Å²) < 4.78 is 25.6. The first kappa shape index (κ1) is 16.6. The summed E-state index contributed by atoms with van der Waals surface area (Å²) in [6, 6.07) is -1.06. The average molecular weight is 302 g/mol. The largest absolute Gasteiger partial charge is 0.347 e. The van der Waals surface area contributed by atoms with Gasteiger partial charge in [0, 0.05) is 12.4 Å². The third-order valence-electron chi connectivity index (χ3n) is 2.80. The topological polar surface area (TPSA) is 104 Å². The predicted octanol–water partition coefficient (Wildman–Crippen LogP) is 0.695. The van der Waals surface area contributed by atoms with Gasteiger partial charge in [0.1, 0.15) is 5.82 Å². The number of nitrogens with one attached hydrogen (secondary N) is 3. The summed E-state index contributed by atoms with van der Waals surface area (Å²) in [5.74, 6) is 0.303. The molecular weight excluding hydrogens is 280 g/mol.